The predicted molar refractivity (Wildman–Crippen MR) is 30.7 cm³/mol. The van der Waals surface area contributed by atoms with Gasteiger partial charge in [-0.05, 0) is 0 Å². The molecule has 0 amide bonds. The van der Waals surface area contributed by atoms with E-state index in [2.05, 4.69) is 0 Å². The highest BCUT2D eigenvalue weighted by Gasteiger charge is 2.85. The van der Waals surface area contributed by atoms with E-state index in [1.54, 1.807) is 0 Å². The maximum absolute atomic E-state index is 12.3. The Labute approximate surface area is 85.1 Å². The molecule has 0 N–H and O–H groups in total. The number of alkyl halides is 10. The lowest BCUT2D eigenvalue weighted by Crippen LogP contribution is -2.45. The number of halogens is 11. The largest absolute Gasteiger partial charge is 0.464 e. The molecule has 0 aromatic heterocycles. The first-order valence-corrected chi connectivity index (χ1v) is 4.79. The van der Waals surface area contributed by atoms with Gasteiger partial charge < -0.3 is 0 Å². The van der Waals surface area contributed by atoms with Crippen molar-refractivity contribution in [2.24, 2.45) is 0 Å². The summed E-state index contributed by atoms with van der Waals surface area (Å²) in [7, 11) is -8.76. The molecule has 0 heterocycles. The molecule has 0 saturated heterocycles. The van der Waals surface area contributed by atoms with Crippen LogP contribution >= 0.6 is 7.45 Å². The summed E-state index contributed by atoms with van der Waals surface area (Å²) in [5.74, 6) is 0. The average molecular weight is 304 g/mol. The molecule has 0 bridgehead atoms. The molecule has 0 aliphatic carbocycles. The van der Waals surface area contributed by atoms with Gasteiger partial charge in [0.05, 0.1) is 0 Å². The van der Waals surface area contributed by atoms with Crippen molar-refractivity contribution in [3.63, 3.8) is 0 Å². The molecular weight excluding hydrogens is 304 g/mol. The molecule has 0 radical (unpaired) electrons. The first-order chi connectivity index (χ1) is 7.00. The van der Waals surface area contributed by atoms with Gasteiger partial charge in [0.1, 0.15) is 0 Å². The Morgan fingerprint density at radius 1 is 0.588 bits per heavy atom. The summed E-state index contributed by atoms with van der Waals surface area (Å²) in [6, 6.07) is 0. The second-order valence-electron chi connectivity index (χ2n) is 2.61. The summed E-state index contributed by atoms with van der Waals surface area (Å²) in [4.78, 5) is 0. The van der Waals surface area contributed by atoms with Crippen LogP contribution in [0.3, 0.4) is 0 Å². The van der Waals surface area contributed by atoms with Gasteiger partial charge in [-0.25, -0.2) is 0 Å². The minimum absolute atomic E-state index is 7.15. The van der Waals surface area contributed by atoms with Gasteiger partial charge in [0, 0.05) is 0 Å². The normalized spacial score (nSPS) is 16.2. The van der Waals surface area contributed by atoms with Crippen molar-refractivity contribution in [2.45, 2.75) is 23.7 Å². The fraction of sp³-hybridized carbons (Fsp3) is 1.00. The molecule has 0 saturated carbocycles. The number of hydrogen-bond donors (Lipinski definition) is 0. The van der Waals surface area contributed by atoms with E-state index in [1.165, 1.54) is 0 Å². The SMILES string of the molecule is O=P(F)(C(F)(F)C(F)(F)F)C(F)(F)C(F)(F)F. The molecule has 17 heavy (non-hydrogen) atoms. The van der Waals surface area contributed by atoms with E-state index in [4.69, 9.17) is 0 Å². The van der Waals surface area contributed by atoms with Gasteiger partial charge in [0.25, 0.3) is 0 Å². The lowest BCUT2D eigenvalue weighted by molar-refractivity contribution is -0.269. The average Bonchev–Trinajstić information content (AvgIpc) is 1.98. The van der Waals surface area contributed by atoms with Gasteiger partial charge in [-0.2, -0.15) is 48.1 Å². The van der Waals surface area contributed by atoms with Crippen molar-refractivity contribution in [3.05, 3.63) is 0 Å². The van der Waals surface area contributed by atoms with Gasteiger partial charge in [0.15, 0.2) is 0 Å². The molecular formula is C4F11OP. The van der Waals surface area contributed by atoms with Crippen LogP contribution in [0.25, 0.3) is 0 Å². The molecule has 0 aliphatic heterocycles. The highest BCUT2D eigenvalue weighted by molar-refractivity contribution is 7.61. The minimum atomic E-state index is -8.76. The van der Waals surface area contributed by atoms with Gasteiger partial charge in [-0.3, -0.25) is 4.57 Å². The van der Waals surface area contributed by atoms with Crippen molar-refractivity contribution < 1.29 is 52.7 Å². The van der Waals surface area contributed by atoms with Crippen LogP contribution in [-0.4, -0.2) is 23.7 Å². The zero-order valence-corrected chi connectivity index (χ0v) is 7.91. The summed E-state index contributed by atoms with van der Waals surface area (Å²) < 4.78 is 138. The third-order valence-electron chi connectivity index (χ3n) is 1.40. The van der Waals surface area contributed by atoms with Crippen molar-refractivity contribution in [1.29, 1.82) is 0 Å². The molecule has 104 valence electrons. The Morgan fingerprint density at radius 3 is 0.882 bits per heavy atom. The van der Waals surface area contributed by atoms with E-state index in [-0.39, 0.29) is 0 Å². The Bertz CT molecular complexity index is 306. The molecule has 0 aromatic carbocycles. The van der Waals surface area contributed by atoms with Crippen LogP contribution in [0, 0.1) is 0 Å². The van der Waals surface area contributed by atoms with Crippen molar-refractivity contribution in [2.75, 3.05) is 0 Å². The van der Waals surface area contributed by atoms with E-state index in [0.29, 0.717) is 0 Å². The maximum atomic E-state index is 12.3. The van der Waals surface area contributed by atoms with E-state index < -0.39 is 31.1 Å². The van der Waals surface area contributed by atoms with Gasteiger partial charge >= 0.3 is 31.1 Å². The van der Waals surface area contributed by atoms with Crippen LogP contribution < -0.4 is 0 Å². The first-order valence-electron chi connectivity index (χ1n) is 3.19. The fourth-order valence-electron chi connectivity index (χ4n) is 0.502. The fourth-order valence-corrected chi connectivity index (χ4v) is 1.51. The lowest BCUT2D eigenvalue weighted by atomic mass is 10.7. The Hall–Kier alpha value is -0.540. The third kappa shape index (κ3) is 2.23. The van der Waals surface area contributed by atoms with Gasteiger partial charge in [0.2, 0.25) is 0 Å². The van der Waals surface area contributed by atoms with Crippen LogP contribution in [0.15, 0.2) is 0 Å². The zero-order valence-electron chi connectivity index (χ0n) is 7.01. The number of hydrogen-bond acceptors (Lipinski definition) is 1. The molecule has 0 aliphatic rings. The van der Waals surface area contributed by atoms with E-state index >= 15 is 0 Å². The van der Waals surface area contributed by atoms with Crippen LogP contribution in [-0.2, 0) is 4.57 Å². The summed E-state index contributed by atoms with van der Waals surface area (Å²) in [6.45, 7) is 0. The Kier molecular flexibility index (Phi) is 3.61. The van der Waals surface area contributed by atoms with E-state index in [1.807, 2.05) is 0 Å². The molecule has 0 atom stereocenters. The highest BCUT2D eigenvalue weighted by atomic mass is 31.2. The van der Waals surface area contributed by atoms with Crippen molar-refractivity contribution >= 4 is 7.45 Å². The van der Waals surface area contributed by atoms with E-state index in [0.717, 1.165) is 0 Å². The monoisotopic (exact) mass is 304 g/mol. The minimum Gasteiger partial charge on any atom is -0.274 e. The quantitative estimate of drug-likeness (QED) is 0.540. The third-order valence-corrected chi connectivity index (χ3v) is 3.36. The first kappa shape index (κ1) is 16.5. The molecule has 0 aromatic rings. The van der Waals surface area contributed by atoms with Crippen molar-refractivity contribution in [1.82, 2.24) is 0 Å². The molecule has 0 spiro atoms. The summed E-state index contributed by atoms with van der Waals surface area (Å²) >= 11 is 0. The van der Waals surface area contributed by atoms with Crippen LogP contribution in [0.5, 0.6) is 0 Å². The topological polar surface area (TPSA) is 17.1 Å². The summed E-state index contributed by atoms with van der Waals surface area (Å²) in [5.41, 5.74) is -14.6. The Morgan fingerprint density at radius 2 is 0.765 bits per heavy atom. The second-order valence-corrected chi connectivity index (χ2v) is 4.80. The molecule has 1 nitrogen and oxygen atoms in total. The van der Waals surface area contributed by atoms with Crippen LogP contribution in [0.1, 0.15) is 0 Å². The lowest BCUT2D eigenvalue weighted by Gasteiger charge is -2.29. The standard InChI is InChI=1S/C4F11OP/c5-1(6,7)3(11,12)17(15,16)4(13,14)2(8,9)10. The zero-order chi connectivity index (χ0) is 14.5. The van der Waals surface area contributed by atoms with Gasteiger partial charge in [-0.15, -0.1) is 0 Å². The Balaban J connectivity index is 5.83. The smallest absolute Gasteiger partial charge is 0.274 e. The predicted octanol–water partition coefficient (Wildman–Crippen LogP) is 4.54. The highest BCUT2D eigenvalue weighted by Crippen LogP contribution is 2.78. The number of rotatable bonds is 2. The molecule has 0 rings (SSSR count). The summed E-state index contributed by atoms with van der Waals surface area (Å²) in [5, 5.41) is 0. The van der Waals surface area contributed by atoms with Crippen LogP contribution in [0.4, 0.5) is 48.1 Å². The van der Waals surface area contributed by atoms with Gasteiger partial charge in [-0.1, -0.05) is 0 Å². The molecule has 13 heteroatoms. The maximum Gasteiger partial charge on any atom is 0.464 e. The van der Waals surface area contributed by atoms with Crippen molar-refractivity contribution in [3.8, 4) is 0 Å². The summed E-state index contributed by atoms with van der Waals surface area (Å²) in [6.07, 6.45) is -14.3. The van der Waals surface area contributed by atoms with Crippen LogP contribution in [0.2, 0.25) is 0 Å². The van der Waals surface area contributed by atoms with E-state index in [9.17, 15) is 52.7 Å². The molecule has 0 fully saturated rings. The second kappa shape index (κ2) is 3.72. The molecule has 0 unspecified atom stereocenters.